The number of rotatable bonds is 7. The Bertz CT molecular complexity index is 819. The number of hydrogen-bond donors (Lipinski definition) is 2. The maximum Gasteiger partial charge on any atom is 0.212 e. The summed E-state index contributed by atoms with van der Waals surface area (Å²) >= 11 is 0. The van der Waals surface area contributed by atoms with E-state index >= 15 is 0 Å². The molecule has 140 valence electrons. The molecule has 1 aliphatic heterocycles. The number of fused-ring (bicyclic) bond motifs is 1. The Morgan fingerprint density at radius 1 is 1.12 bits per heavy atom. The smallest absolute Gasteiger partial charge is 0.212 e. The number of hydrogen-bond acceptors (Lipinski definition) is 3. The number of aryl methyl sites for hydroxylation is 1. The second kappa shape index (κ2) is 8.80. The van der Waals surface area contributed by atoms with Gasteiger partial charge in [0.05, 0.1) is 11.8 Å². The second-order valence-electron chi connectivity index (χ2n) is 6.99. The highest BCUT2D eigenvalue weighted by atomic mass is 32.2. The van der Waals surface area contributed by atoms with Gasteiger partial charge in [-0.05, 0) is 54.5 Å². The van der Waals surface area contributed by atoms with E-state index in [0.29, 0.717) is 12.8 Å². The van der Waals surface area contributed by atoms with Crippen molar-refractivity contribution in [3.8, 4) is 0 Å². The summed E-state index contributed by atoms with van der Waals surface area (Å²) < 4.78 is 27.8. The van der Waals surface area contributed by atoms with Crippen LogP contribution in [0.5, 0.6) is 0 Å². The molecule has 0 saturated heterocycles. The Morgan fingerprint density at radius 3 is 2.69 bits per heavy atom. The molecular formula is C21H28N2O2S. The molecule has 0 amide bonds. The summed E-state index contributed by atoms with van der Waals surface area (Å²) in [6.07, 6.45) is 3.48. The van der Waals surface area contributed by atoms with Crippen LogP contribution < -0.4 is 10.0 Å². The highest BCUT2D eigenvalue weighted by Gasteiger charge is 2.21. The van der Waals surface area contributed by atoms with Crippen LogP contribution in [0.3, 0.4) is 0 Å². The van der Waals surface area contributed by atoms with Crippen LogP contribution in [-0.2, 0) is 29.4 Å². The zero-order valence-corrected chi connectivity index (χ0v) is 16.2. The summed E-state index contributed by atoms with van der Waals surface area (Å²) in [7, 11) is -3.29. The molecule has 5 heteroatoms. The summed E-state index contributed by atoms with van der Waals surface area (Å²) in [6.45, 7) is 3.77. The van der Waals surface area contributed by atoms with Crippen molar-refractivity contribution in [2.75, 3.05) is 12.3 Å². The highest BCUT2D eigenvalue weighted by Crippen LogP contribution is 2.24. The highest BCUT2D eigenvalue weighted by molar-refractivity contribution is 7.89. The van der Waals surface area contributed by atoms with Crippen LogP contribution in [0.25, 0.3) is 0 Å². The third kappa shape index (κ3) is 5.16. The van der Waals surface area contributed by atoms with Crippen LogP contribution in [0, 0.1) is 0 Å². The van der Waals surface area contributed by atoms with Crippen molar-refractivity contribution in [1.82, 2.24) is 10.0 Å². The zero-order valence-electron chi connectivity index (χ0n) is 15.4. The topological polar surface area (TPSA) is 58.2 Å². The molecule has 0 spiro atoms. The van der Waals surface area contributed by atoms with E-state index in [2.05, 4.69) is 28.2 Å². The molecule has 4 nitrogen and oxygen atoms in total. The minimum atomic E-state index is -3.29. The van der Waals surface area contributed by atoms with Gasteiger partial charge < -0.3 is 5.32 Å². The van der Waals surface area contributed by atoms with Crippen molar-refractivity contribution in [1.29, 1.82) is 0 Å². The van der Waals surface area contributed by atoms with E-state index in [1.165, 1.54) is 11.1 Å². The summed E-state index contributed by atoms with van der Waals surface area (Å²) in [4.78, 5) is 0. The fourth-order valence-electron chi connectivity index (χ4n) is 3.52. The van der Waals surface area contributed by atoms with Gasteiger partial charge in [0.15, 0.2) is 0 Å². The quantitative estimate of drug-likeness (QED) is 0.784. The normalized spacial score (nSPS) is 15.9. The lowest BCUT2D eigenvalue weighted by Crippen LogP contribution is -2.32. The lowest BCUT2D eigenvalue weighted by molar-refractivity contribution is 0.553. The Kier molecular flexibility index (Phi) is 6.46. The molecule has 0 bridgehead atoms. The fourth-order valence-corrected chi connectivity index (χ4v) is 4.83. The number of nitrogens with one attached hydrogen (secondary N) is 2. The van der Waals surface area contributed by atoms with E-state index in [0.717, 1.165) is 37.1 Å². The van der Waals surface area contributed by atoms with Gasteiger partial charge in [0.25, 0.3) is 0 Å². The van der Waals surface area contributed by atoms with Crippen LogP contribution in [-0.4, -0.2) is 20.7 Å². The van der Waals surface area contributed by atoms with Crippen molar-refractivity contribution in [3.05, 3.63) is 70.8 Å². The van der Waals surface area contributed by atoms with Crippen LogP contribution in [0.1, 0.15) is 48.1 Å². The Balaban J connectivity index is 1.90. The predicted octanol–water partition coefficient (Wildman–Crippen LogP) is 3.34. The first kappa shape index (κ1) is 19.1. The lowest BCUT2D eigenvalue weighted by atomic mass is 9.95. The number of benzene rings is 2. The van der Waals surface area contributed by atoms with Gasteiger partial charge in [-0.25, -0.2) is 13.1 Å². The van der Waals surface area contributed by atoms with E-state index in [4.69, 9.17) is 0 Å². The van der Waals surface area contributed by atoms with E-state index in [1.54, 1.807) is 0 Å². The SMILES string of the molecule is CCCS(=O)(=O)NC(Cc1ccccc1)c1ccc2c(c1)CNCCC2. The molecule has 0 aromatic heterocycles. The third-order valence-corrected chi connectivity index (χ3v) is 6.41. The maximum absolute atomic E-state index is 12.4. The van der Waals surface area contributed by atoms with Crippen molar-refractivity contribution in [3.63, 3.8) is 0 Å². The van der Waals surface area contributed by atoms with Gasteiger partial charge in [-0.1, -0.05) is 55.5 Å². The molecule has 1 atom stereocenters. The number of sulfonamides is 1. The first-order valence-electron chi connectivity index (χ1n) is 9.44. The monoisotopic (exact) mass is 372 g/mol. The largest absolute Gasteiger partial charge is 0.313 e. The standard InChI is InChI=1S/C21H28N2O2S/c1-2-13-26(24,25)23-21(14-17-7-4-3-5-8-17)19-11-10-18-9-6-12-22-16-20(18)15-19/h3-5,7-8,10-11,15,21-23H,2,6,9,12-14,16H2,1H3. The molecular weight excluding hydrogens is 344 g/mol. The molecule has 0 fully saturated rings. The van der Waals surface area contributed by atoms with Gasteiger partial charge in [-0.3, -0.25) is 0 Å². The van der Waals surface area contributed by atoms with Crippen molar-refractivity contribution < 1.29 is 8.42 Å². The summed E-state index contributed by atoms with van der Waals surface area (Å²) in [5.74, 6) is 0.158. The minimum Gasteiger partial charge on any atom is -0.313 e. The minimum absolute atomic E-state index is 0.158. The van der Waals surface area contributed by atoms with Crippen LogP contribution in [0.2, 0.25) is 0 Å². The van der Waals surface area contributed by atoms with Crippen LogP contribution in [0.4, 0.5) is 0 Å². The molecule has 1 unspecified atom stereocenters. The van der Waals surface area contributed by atoms with Gasteiger partial charge in [0, 0.05) is 6.54 Å². The van der Waals surface area contributed by atoms with Crippen LogP contribution >= 0.6 is 0 Å². The van der Waals surface area contributed by atoms with Gasteiger partial charge in [0.2, 0.25) is 10.0 Å². The van der Waals surface area contributed by atoms with Crippen molar-refractivity contribution in [2.24, 2.45) is 0 Å². The average Bonchev–Trinajstić information content (AvgIpc) is 2.86. The molecule has 3 rings (SSSR count). The van der Waals surface area contributed by atoms with E-state index in [-0.39, 0.29) is 11.8 Å². The molecule has 1 heterocycles. The molecule has 26 heavy (non-hydrogen) atoms. The maximum atomic E-state index is 12.4. The van der Waals surface area contributed by atoms with Crippen LogP contribution in [0.15, 0.2) is 48.5 Å². The predicted molar refractivity (Wildman–Crippen MR) is 107 cm³/mol. The molecule has 2 aromatic carbocycles. The molecule has 2 N–H and O–H groups in total. The van der Waals surface area contributed by atoms with Gasteiger partial charge >= 0.3 is 0 Å². The molecule has 1 aliphatic rings. The molecule has 0 saturated carbocycles. The molecule has 0 aliphatic carbocycles. The van der Waals surface area contributed by atoms with E-state index < -0.39 is 10.0 Å². The van der Waals surface area contributed by atoms with Crippen molar-refractivity contribution >= 4 is 10.0 Å². The lowest BCUT2D eigenvalue weighted by Gasteiger charge is -2.21. The molecule has 0 radical (unpaired) electrons. The summed E-state index contributed by atoms with van der Waals surface area (Å²) in [5, 5.41) is 3.45. The Hall–Kier alpha value is -1.69. The average molecular weight is 373 g/mol. The van der Waals surface area contributed by atoms with Crippen molar-refractivity contribution in [2.45, 2.75) is 45.2 Å². The van der Waals surface area contributed by atoms with Gasteiger partial charge in [-0.15, -0.1) is 0 Å². The fraction of sp³-hybridized carbons (Fsp3) is 0.429. The van der Waals surface area contributed by atoms with Gasteiger partial charge in [0.1, 0.15) is 0 Å². The summed E-state index contributed by atoms with van der Waals surface area (Å²) in [6, 6.07) is 16.3. The first-order valence-corrected chi connectivity index (χ1v) is 11.1. The van der Waals surface area contributed by atoms with Gasteiger partial charge in [-0.2, -0.15) is 0 Å². The molecule has 2 aromatic rings. The van der Waals surface area contributed by atoms with E-state index in [1.807, 2.05) is 37.3 Å². The first-order chi connectivity index (χ1) is 12.6. The summed E-state index contributed by atoms with van der Waals surface area (Å²) in [5.41, 5.74) is 4.82. The zero-order chi connectivity index (χ0) is 18.4. The third-order valence-electron chi connectivity index (χ3n) is 4.83. The Morgan fingerprint density at radius 2 is 1.92 bits per heavy atom. The second-order valence-corrected chi connectivity index (χ2v) is 8.86. The Labute approximate surface area is 157 Å². The van der Waals surface area contributed by atoms with E-state index in [9.17, 15) is 8.42 Å².